The van der Waals surface area contributed by atoms with E-state index in [1.54, 1.807) is 0 Å². The molecule has 1 heterocycles. The third-order valence-corrected chi connectivity index (χ3v) is 3.97. The summed E-state index contributed by atoms with van der Waals surface area (Å²) in [6.45, 7) is 4.50. The summed E-state index contributed by atoms with van der Waals surface area (Å²) in [4.78, 5) is 24.8. The Kier molecular flexibility index (Phi) is 6.67. The fourth-order valence-electron chi connectivity index (χ4n) is 1.76. The topological polar surface area (TPSA) is 64.6 Å². The lowest BCUT2D eigenvalue weighted by atomic mass is 10.0. The van der Waals surface area contributed by atoms with Crippen molar-refractivity contribution in [2.24, 2.45) is 5.92 Å². The first-order valence-electron chi connectivity index (χ1n) is 6.43. The van der Waals surface area contributed by atoms with Crippen LogP contribution in [0.15, 0.2) is 12.1 Å². The molecule has 1 aromatic rings. The maximum absolute atomic E-state index is 11.6. The number of carbonyl (C=O) groups excluding carboxylic acids is 2. The summed E-state index contributed by atoms with van der Waals surface area (Å²) in [5.41, 5.74) is 0. The molecular formula is C14H21NO4S. The number of methoxy groups -OCH3 is 2. The van der Waals surface area contributed by atoms with Gasteiger partial charge in [0.15, 0.2) is 0 Å². The minimum atomic E-state index is -0.328. The molecule has 0 radical (unpaired) electrons. The number of carbonyl (C=O) groups is 2. The Hall–Kier alpha value is -1.40. The van der Waals surface area contributed by atoms with E-state index in [2.05, 4.69) is 10.1 Å². The normalized spacial score (nSPS) is 12.2. The van der Waals surface area contributed by atoms with Gasteiger partial charge in [0.1, 0.15) is 6.04 Å². The van der Waals surface area contributed by atoms with Crippen molar-refractivity contribution in [3.05, 3.63) is 21.9 Å². The molecule has 0 aliphatic rings. The van der Waals surface area contributed by atoms with Gasteiger partial charge >= 0.3 is 11.9 Å². The van der Waals surface area contributed by atoms with Crippen LogP contribution in [0.3, 0.4) is 0 Å². The van der Waals surface area contributed by atoms with Gasteiger partial charge in [-0.2, -0.15) is 0 Å². The van der Waals surface area contributed by atoms with E-state index in [4.69, 9.17) is 4.74 Å². The molecule has 112 valence electrons. The largest absolute Gasteiger partial charge is 0.469 e. The Morgan fingerprint density at radius 3 is 2.40 bits per heavy atom. The predicted octanol–water partition coefficient (Wildman–Crippen LogP) is 1.75. The van der Waals surface area contributed by atoms with Crippen LogP contribution in [-0.2, 0) is 32.0 Å². The zero-order valence-electron chi connectivity index (χ0n) is 12.3. The molecule has 1 aromatic heterocycles. The van der Waals surface area contributed by atoms with Crippen molar-refractivity contribution >= 4 is 23.3 Å². The molecule has 0 amide bonds. The van der Waals surface area contributed by atoms with Crippen LogP contribution in [-0.4, -0.2) is 32.2 Å². The first-order valence-corrected chi connectivity index (χ1v) is 7.25. The number of rotatable bonds is 7. The molecule has 1 rings (SSSR count). The summed E-state index contributed by atoms with van der Waals surface area (Å²) >= 11 is 1.53. The van der Waals surface area contributed by atoms with Gasteiger partial charge in [-0.05, 0) is 18.1 Å². The summed E-state index contributed by atoms with van der Waals surface area (Å²) in [7, 11) is 2.76. The van der Waals surface area contributed by atoms with E-state index in [1.165, 1.54) is 25.6 Å². The molecule has 0 aromatic carbocycles. The Balaban J connectivity index is 2.56. The van der Waals surface area contributed by atoms with Crippen LogP contribution in [0.25, 0.3) is 0 Å². The number of esters is 2. The molecule has 1 atom stereocenters. The average molecular weight is 299 g/mol. The fourth-order valence-corrected chi connectivity index (χ4v) is 2.71. The van der Waals surface area contributed by atoms with E-state index in [0.717, 1.165) is 9.75 Å². The molecule has 0 saturated carbocycles. The standard InChI is InChI=1S/C14H21NO4S/c1-9(2)13(14(17)19-4)15-8-11-6-5-10(20-11)7-12(16)18-3/h5-6,9,13,15H,7-8H2,1-4H3/t13-/m0/s1. The fraction of sp³-hybridized carbons (Fsp3) is 0.571. The summed E-state index contributed by atoms with van der Waals surface area (Å²) in [6.07, 6.45) is 0.284. The molecule has 0 aliphatic carbocycles. The number of nitrogens with one attached hydrogen (secondary N) is 1. The zero-order valence-corrected chi connectivity index (χ0v) is 13.1. The SMILES string of the molecule is COC(=O)Cc1ccc(CN[C@H](C(=O)OC)C(C)C)s1. The molecule has 0 fully saturated rings. The highest BCUT2D eigenvalue weighted by atomic mass is 32.1. The van der Waals surface area contributed by atoms with Crippen LogP contribution in [0.5, 0.6) is 0 Å². The minimum absolute atomic E-state index is 0.150. The lowest BCUT2D eigenvalue weighted by Crippen LogP contribution is -2.41. The molecule has 1 N–H and O–H groups in total. The first kappa shape index (κ1) is 16.7. The van der Waals surface area contributed by atoms with E-state index in [0.29, 0.717) is 6.54 Å². The van der Waals surface area contributed by atoms with Crippen LogP contribution in [0.1, 0.15) is 23.6 Å². The van der Waals surface area contributed by atoms with E-state index in [-0.39, 0.29) is 30.3 Å². The zero-order chi connectivity index (χ0) is 15.1. The molecule has 0 unspecified atom stereocenters. The second-order valence-corrected chi connectivity index (χ2v) is 6.00. The number of ether oxygens (including phenoxy) is 2. The molecule has 20 heavy (non-hydrogen) atoms. The third-order valence-electron chi connectivity index (χ3n) is 2.88. The van der Waals surface area contributed by atoms with Gasteiger partial charge in [0.25, 0.3) is 0 Å². The summed E-state index contributed by atoms with van der Waals surface area (Å²) in [5, 5.41) is 3.19. The average Bonchev–Trinajstić information content (AvgIpc) is 2.85. The summed E-state index contributed by atoms with van der Waals surface area (Å²) in [6, 6.07) is 3.53. The highest BCUT2D eigenvalue weighted by Crippen LogP contribution is 2.18. The van der Waals surface area contributed by atoms with Crippen molar-refractivity contribution in [2.75, 3.05) is 14.2 Å². The Bertz CT molecular complexity index is 456. The number of thiophene rings is 1. The van der Waals surface area contributed by atoms with Gasteiger partial charge in [-0.15, -0.1) is 11.3 Å². The lowest BCUT2D eigenvalue weighted by Gasteiger charge is -2.19. The molecule has 0 saturated heterocycles. The molecular weight excluding hydrogens is 278 g/mol. The van der Waals surface area contributed by atoms with Crippen LogP contribution in [0.4, 0.5) is 0 Å². The van der Waals surface area contributed by atoms with Crippen molar-refractivity contribution in [3.63, 3.8) is 0 Å². The Morgan fingerprint density at radius 2 is 1.85 bits per heavy atom. The Morgan fingerprint density at radius 1 is 1.20 bits per heavy atom. The van der Waals surface area contributed by atoms with Crippen LogP contribution in [0.2, 0.25) is 0 Å². The van der Waals surface area contributed by atoms with Gasteiger partial charge in [0, 0.05) is 16.3 Å². The number of hydrogen-bond donors (Lipinski definition) is 1. The second-order valence-electron chi connectivity index (χ2n) is 4.75. The molecule has 5 nitrogen and oxygen atoms in total. The summed E-state index contributed by atoms with van der Waals surface area (Å²) in [5.74, 6) is -0.357. The smallest absolute Gasteiger partial charge is 0.323 e. The molecule has 0 spiro atoms. The first-order chi connectivity index (χ1) is 9.47. The number of hydrogen-bond acceptors (Lipinski definition) is 6. The van der Waals surface area contributed by atoms with Crippen molar-refractivity contribution < 1.29 is 19.1 Å². The van der Waals surface area contributed by atoms with Crippen LogP contribution in [0, 0.1) is 5.92 Å². The molecule has 0 aliphatic heterocycles. The second kappa shape index (κ2) is 8.01. The van der Waals surface area contributed by atoms with Gasteiger partial charge in [-0.3, -0.25) is 14.9 Å². The third kappa shape index (κ3) is 4.94. The monoisotopic (exact) mass is 299 g/mol. The maximum atomic E-state index is 11.6. The van der Waals surface area contributed by atoms with Gasteiger partial charge in [-0.25, -0.2) is 0 Å². The van der Waals surface area contributed by atoms with E-state index in [1.807, 2.05) is 26.0 Å². The van der Waals surface area contributed by atoms with Gasteiger partial charge in [-0.1, -0.05) is 13.8 Å². The highest BCUT2D eigenvalue weighted by molar-refractivity contribution is 7.12. The lowest BCUT2D eigenvalue weighted by molar-refractivity contribution is -0.144. The minimum Gasteiger partial charge on any atom is -0.469 e. The van der Waals surface area contributed by atoms with Crippen molar-refractivity contribution in [1.29, 1.82) is 0 Å². The van der Waals surface area contributed by atoms with E-state index < -0.39 is 0 Å². The van der Waals surface area contributed by atoms with Gasteiger partial charge < -0.3 is 9.47 Å². The molecule has 0 bridgehead atoms. The van der Waals surface area contributed by atoms with E-state index >= 15 is 0 Å². The van der Waals surface area contributed by atoms with Crippen molar-refractivity contribution in [3.8, 4) is 0 Å². The van der Waals surface area contributed by atoms with Crippen molar-refractivity contribution in [1.82, 2.24) is 5.32 Å². The quantitative estimate of drug-likeness (QED) is 0.777. The van der Waals surface area contributed by atoms with Crippen LogP contribution >= 0.6 is 11.3 Å². The Labute approximate surface area is 123 Å². The van der Waals surface area contributed by atoms with Crippen molar-refractivity contribution in [2.45, 2.75) is 32.9 Å². The maximum Gasteiger partial charge on any atom is 0.323 e. The van der Waals surface area contributed by atoms with Gasteiger partial charge in [0.2, 0.25) is 0 Å². The highest BCUT2D eigenvalue weighted by Gasteiger charge is 2.22. The van der Waals surface area contributed by atoms with Gasteiger partial charge in [0.05, 0.1) is 20.6 Å². The molecule has 6 heteroatoms. The summed E-state index contributed by atoms with van der Waals surface area (Å²) < 4.78 is 9.41. The predicted molar refractivity (Wildman–Crippen MR) is 77.5 cm³/mol. The van der Waals surface area contributed by atoms with Crippen LogP contribution < -0.4 is 5.32 Å². The van der Waals surface area contributed by atoms with E-state index in [9.17, 15) is 9.59 Å².